The van der Waals surface area contributed by atoms with Crippen LogP contribution in [0.4, 0.5) is 0 Å². The Balaban J connectivity index is 4.63. The van der Waals surface area contributed by atoms with E-state index in [2.05, 4.69) is 5.32 Å². The summed E-state index contributed by atoms with van der Waals surface area (Å²) in [4.78, 5) is 22.9. The monoisotopic (exact) mass is 327 g/mol. The van der Waals surface area contributed by atoms with Gasteiger partial charge in [-0.1, -0.05) is 13.8 Å². The smallest absolute Gasteiger partial charge is 0.235 e. The van der Waals surface area contributed by atoms with Crippen molar-refractivity contribution in [1.29, 1.82) is 0 Å². The second kappa shape index (κ2) is 7.16. The number of carbonyl (C=O) groups excluding carboxylic acids is 2. The zero-order valence-corrected chi connectivity index (χ0v) is 13.7. The highest BCUT2D eigenvalue weighted by Crippen LogP contribution is 2.03. The first-order valence-electron chi connectivity index (χ1n) is 6.02. The number of carbonyl (C=O) groups is 2. The lowest BCUT2D eigenvalue weighted by atomic mass is 10.0. The van der Waals surface area contributed by atoms with Crippen LogP contribution in [0, 0.1) is 5.92 Å². The predicted octanol–water partition coefficient (Wildman–Crippen LogP) is -0.824. The van der Waals surface area contributed by atoms with Crippen LogP contribution in [-0.2, 0) is 29.3 Å². The van der Waals surface area contributed by atoms with E-state index >= 15 is 0 Å². The van der Waals surface area contributed by atoms with Crippen LogP contribution >= 0.6 is 0 Å². The summed E-state index contributed by atoms with van der Waals surface area (Å²) in [5, 5.41) is 2.35. The van der Waals surface area contributed by atoms with Crippen molar-refractivity contribution in [1.82, 2.24) is 5.32 Å². The molecule has 0 fully saturated rings. The van der Waals surface area contributed by atoms with Crippen molar-refractivity contribution in [2.75, 3.05) is 23.5 Å². The topological polar surface area (TPSA) is 114 Å². The Labute approximate surface area is 120 Å². The normalized spacial score (nSPS) is 14.1. The van der Waals surface area contributed by atoms with Gasteiger partial charge in [-0.25, -0.2) is 16.8 Å². The van der Waals surface area contributed by atoms with E-state index in [1.54, 1.807) is 13.8 Å². The van der Waals surface area contributed by atoms with Gasteiger partial charge in [0.05, 0.1) is 17.5 Å². The number of hydrogen-bond acceptors (Lipinski definition) is 6. The van der Waals surface area contributed by atoms with Crippen LogP contribution in [0.5, 0.6) is 0 Å². The van der Waals surface area contributed by atoms with Crippen molar-refractivity contribution >= 4 is 31.4 Å². The van der Waals surface area contributed by atoms with Crippen molar-refractivity contribution in [2.24, 2.45) is 5.92 Å². The summed E-state index contributed by atoms with van der Waals surface area (Å²) < 4.78 is 45.0. The van der Waals surface area contributed by atoms with Gasteiger partial charge in [0, 0.05) is 6.26 Å². The molecule has 118 valence electrons. The van der Waals surface area contributed by atoms with E-state index in [1.807, 2.05) is 0 Å². The van der Waals surface area contributed by atoms with E-state index in [0.29, 0.717) is 0 Å². The second-order valence-electron chi connectivity index (χ2n) is 5.12. The molecule has 1 atom stereocenters. The van der Waals surface area contributed by atoms with E-state index in [9.17, 15) is 26.4 Å². The molecular formula is C11H21NO6S2. The molecule has 0 bridgehead atoms. The van der Waals surface area contributed by atoms with Gasteiger partial charge in [-0.3, -0.25) is 9.59 Å². The molecule has 1 N–H and O–H groups in total. The Kier molecular flexibility index (Phi) is 6.82. The van der Waals surface area contributed by atoms with Crippen LogP contribution in [0.15, 0.2) is 0 Å². The zero-order chi connectivity index (χ0) is 16.1. The molecule has 1 unspecified atom stereocenters. The third kappa shape index (κ3) is 8.26. The summed E-state index contributed by atoms with van der Waals surface area (Å²) in [5.74, 6) is -3.17. The average molecular weight is 327 g/mol. The molecular weight excluding hydrogens is 306 g/mol. The average Bonchev–Trinajstić information content (AvgIpc) is 2.21. The number of rotatable bonds is 8. The lowest BCUT2D eigenvalue weighted by Gasteiger charge is -2.19. The van der Waals surface area contributed by atoms with E-state index in [1.165, 1.54) is 6.92 Å². The van der Waals surface area contributed by atoms with Crippen LogP contribution in [0.1, 0.15) is 20.8 Å². The van der Waals surface area contributed by atoms with Crippen LogP contribution < -0.4 is 5.32 Å². The Bertz CT molecular complexity index is 562. The van der Waals surface area contributed by atoms with Crippen molar-refractivity contribution < 1.29 is 26.4 Å². The molecule has 20 heavy (non-hydrogen) atoms. The largest absolute Gasteiger partial charge is 0.345 e. The van der Waals surface area contributed by atoms with Crippen LogP contribution in [0.2, 0.25) is 0 Å². The first kappa shape index (κ1) is 19.0. The molecule has 0 aliphatic rings. The molecule has 0 aromatic rings. The third-order valence-corrected chi connectivity index (χ3v) is 5.27. The van der Waals surface area contributed by atoms with Gasteiger partial charge in [-0.2, -0.15) is 0 Å². The second-order valence-corrected chi connectivity index (χ2v) is 9.57. The lowest BCUT2D eigenvalue weighted by Crippen LogP contribution is -2.45. The molecule has 0 saturated heterocycles. The molecule has 0 saturated carbocycles. The van der Waals surface area contributed by atoms with Gasteiger partial charge in [0.2, 0.25) is 5.91 Å². The number of ketones is 1. The van der Waals surface area contributed by atoms with E-state index < -0.39 is 48.9 Å². The van der Waals surface area contributed by atoms with E-state index in [0.717, 1.165) is 6.26 Å². The van der Waals surface area contributed by atoms with Gasteiger partial charge in [0.25, 0.3) is 0 Å². The van der Waals surface area contributed by atoms with E-state index in [4.69, 9.17) is 0 Å². The van der Waals surface area contributed by atoms with Crippen molar-refractivity contribution in [3.8, 4) is 0 Å². The van der Waals surface area contributed by atoms with Crippen LogP contribution in [-0.4, -0.2) is 58.1 Å². The Morgan fingerprint density at radius 2 is 1.55 bits per heavy atom. The zero-order valence-electron chi connectivity index (χ0n) is 12.0. The molecule has 0 spiro atoms. The number of sulfone groups is 2. The SMILES string of the molecule is CC(=O)C(NC(=O)CS(=O)(=O)CCS(C)(=O)=O)C(C)C. The molecule has 0 rings (SSSR count). The fourth-order valence-electron chi connectivity index (χ4n) is 1.50. The van der Waals surface area contributed by atoms with Crippen molar-refractivity contribution in [3.05, 3.63) is 0 Å². The van der Waals surface area contributed by atoms with Crippen LogP contribution in [0.25, 0.3) is 0 Å². The maximum Gasteiger partial charge on any atom is 0.235 e. The lowest BCUT2D eigenvalue weighted by molar-refractivity contribution is -0.126. The minimum Gasteiger partial charge on any atom is -0.345 e. The molecule has 0 heterocycles. The van der Waals surface area contributed by atoms with Gasteiger partial charge in [-0.05, 0) is 12.8 Å². The van der Waals surface area contributed by atoms with Gasteiger partial charge >= 0.3 is 0 Å². The van der Waals surface area contributed by atoms with E-state index in [-0.39, 0.29) is 11.7 Å². The standard InChI is InChI=1S/C11H21NO6S2/c1-8(2)11(9(3)13)12-10(14)7-20(17,18)6-5-19(4,15)16/h8,11H,5-7H2,1-4H3,(H,12,14). The predicted molar refractivity (Wildman–Crippen MR) is 75.8 cm³/mol. The number of amides is 1. The van der Waals surface area contributed by atoms with Crippen LogP contribution in [0.3, 0.4) is 0 Å². The summed E-state index contributed by atoms with van der Waals surface area (Å²) in [6.45, 7) is 4.76. The van der Waals surface area contributed by atoms with Gasteiger partial charge < -0.3 is 5.32 Å². The number of nitrogens with one attached hydrogen (secondary N) is 1. The number of Topliss-reactive ketones (excluding diaryl/α,β-unsaturated/α-hetero) is 1. The van der Waals surface area contributed by atoms with Crippen molar-refractivity contribution in [2.45, 2.75) is 26.8 Å². The highest BCUT2D eigenvalue weighted by Gasteiger charge is 2.24. The minimum absolute atomic E-state index is 0.157. The van der Waals surface area contributed by atoms with Gasteiger partial charge in [-0.15, -0.1) is 0 Å². The molecule has 0 radical (unpaired) electrons. The summed E-state index contributed by atoms with van der Waals surface area (Å²) in [6, 6.07) is -0.743. The molecule has 9 heteroatoms. The molecule has 0 aliphatic carbocycles. The summed E-state index contributed by atoms with van der Waals surface area (Å²) in [7, 11) is -7.22. The Morgan fingerprint density at radius 1 is 1.05 bits per heavy atom. The molecule has 1 amide bonds. The Hall–Kier alpha value is -0.960. The third-order valence-electron chi connectivity index (χ3n) is 2.54. The summed E-state index contributed by atoms with van der Waals surface area (Å²) >= 11 is 0. The first-order chi connectivity index (χ1) is 8.84. The Morgan fingerprint density at radius 3 is 1.90 bits per heavy atom. The molecule has 7 nitrogen and oxygen atoms in total. The quantitative estimate of drug-likeness (QED) is 0.622. The molecule has 0 aliphatic heterocycles. The maximum atomic E-state index is 11.6. The maximum absolute atomic E-state index is 11.6. The van der Waals surface area contributed by atoms with Gasteiger partial charge in [0.15, 0.2) is 15.6 Å². The fraction of sp³-hybridized carbons (Fsp3) is 0.818. The number of hydrogen-bond donors (Lipinski definition) is 1. The summed E-state index contributed by atoms with van der Waals surface area (Å²) in [5.41, 5.74) is 0. The highest BCUT2D eigenvalue weighted by molar-refractivity contribution is 7.95. The summed E-state index contributed by atoms with van der Waals surface area (Å²) in [6.07, 6.45) is 0.924. The fourth-order valence-corrected chi connectivity index (χ4v) is 4.36. The minimum atomic E-state index is -3.81. The van der Waals surface area contributed by atoms with Crippen molar-refractivity contribution in [3.63, 3.8) is 0 Å². The highest BCUT2D eigenvalue weighted by atomic mass is 32.2. The first-order valence-corrected chi connectivity index (χ1v) is 9.90. The molecule has 0 aromatic carbocycles. The molecule has 0 aromatic heterocycles. The van der Waals surface area contributed by atoms with Gasteiger partial charge in [0.1, 0.15) is 15.6 Å².